The quantitative estimate of drug-likeness (QED) is 0.454. The van der Waals surface area contributed by atoms with Gasteiger partial charge < -0.3 is 10.0 Å². The van der Waals surface area contributed by atoms with Gasteiger partial charge in [-0.15, -0.1) is 11.3 Å². The molecule has 3 rings (SSSR count). The number of carboxylic acid groups (broad SMARTS) is 1. The van der Waals surface area contributed by atoms with Crippen molar-refractivity contribution < 1.29 is 14.7 Å². The molecule has 1 atom stereocenters. The summed E-state index contributed by atoms with van der Waals surface area (Å²) in [5, 5.41) is 9.04. The number of carbonyl (C=O) groups is 2. The second kappa shape index (κ2) is 10.6. The zero-order valence-corrected chi connectivity index (χ0v) is 18.0. The first-order chi connectivity index (χ1) is 14.1. The van der Waals surface area contributed by atoms with Gasteiger partial charge in [0.15, 0.2) is 0 Å². The van der Waals surface area contributed by atoms with Gasteiger partial charge in [-0.25, -0.2) is 4.79 Å². The van der Waals surface area contributed by atoms with Gasteiger partial charge in [-0.1, -0.05) is 38.3 Å². The lowest BCUT2D eigenvalue weighted by molar-refractivity contribution is -0.117. The summed E-state index contributed by atoms with van der Waals surface area (Å²) in [7, 11) is 0. The van der Waals surface area contributed by atoms with Crippen LogP contribution in [0.2, 0.25) is 0 Å². The number of aromatic carboxylic acids is 1. The molecule has 1 aliphatic rings. The number of nitrogens with zero attached hydrogens (tertiary/aromatic N) is 1. The number of hydrogen-bond acceptors (Lipinski definition) is 3. The van der Waals surface area contributed by atoms with Crippen LogP contribution in [-0.4, -0.2) is 23.0 Å². The molecule has 0 unspecified atom stereocenters. The molecule has 0 aliphatic carbocycles. The molecule has 1 fully saturated rings. The molecule has 0 saturated carbocycles. The van der Waals surface area contributed by atoms with E-state index < -0.39 is 5.97 Å². The van der Waals surface area contributed by atoms with Gasteiger partial charge in [0.2, 0.25) is 5.91 Å². The molecule has 0 radical (unpaired) electrons. The van der Waals surface area contributed by atoms with E-state index in [4.69, 9.17) is 5.11 Å². The average Bonchev–Trinajstić information content (AvgIpc) is 3.33. The molecule has 2 heterocycles. The number of unbranched alkanes of at least 4 members (excludes halogenated alkanes) is 3. The molecule has 4 nitrogen and oxygen atoms in total. The summed E-state index contributed by atoms with van der Waals surface area (Å²) in [5.41, 5.74) is 2.36. The molecule has 1 saturated heterocycles. The van der Waals surface area contributed by atoms with Crippen LogP contribution in [0.5, 0.6) is 0 Å². The zero-order chi connectivity index (χ0) is 20.6. The number of amides is 1. The first kappa shape index (κ1) is 21.6. The van der Waals surface area contributed by atoms with Gasteiger partial charge in [-0.2, -0.15) is 0 Å². The average molecular weight is 414 g/mol. The molecule has 1 aromatic carbocycles. The number of aryl methyl sites for hydroxylation is 2. The zero-order valence-electron chi connectivity index (χ0n) is 17.2. The van der Waals surface area contributed by atoms with Crippen molar-refractivity contribution in [1.29, 1.82) is 0 Å². The summed E-state index contributed by atoms with van der Waals surface area (Å²) in [5.74, 6) is -0.641. The van der Waals surface area contributed by atoms with Crippen LogP contribution >= 0.6 is 11.3 Å². The Labute approximate surface area is 177 Å². The van der Waals surface area contributed by atoms with E-state index in [2.05, 4.69) is 31.2 Å². The maximum Gasteiger partial charge on any atom is 0.345 e. The lowest BCUT2D eigenvalue weighted by Crippen LogP contribution is -2.32. The lowest BCUT2D eigenvalue weighted by Gasteiger charge is -2.25. The third kappa shape index (κ3) is 5.92. The van der Waals surface area contributed by atoms with Gasteiger partial charge in [0.1, 0.15) is 4.88 Å². The second-order valence-corrected chi connectivity index (χ2v) is 9.07. The van der Waals surface area contributed by atoms with Crippen molar-refractivity contribution in [1.82, 2.24) is 0 Å². The highest BCUT2D eigenvalue weighted by Crippen LogP contribution is 2.30. The highest BCUT2D eigenvalue weighted by Gasteiger charge is 2.31. The third-order valence-corrected chi connectivity index (χ3v) is 6.82. The number of carbonyl (C=O) groups excluding carboxylic acids is 1. The van der Waals surface area contributed by atoms with Crippen LogP contribution in [0.1, 0.15) is 78.4 Å². The lowest BCUT2D eigenvalue weighted by atomic mass is 10.0. The van der Waals surface area contributed by atoms with Crippen molar-refractivity contribution in [3.05, 3.63) is 51.7 Å². The van der Waals surface area contributed by atoms with Crippen molar-refractivity contribution in [3.8, 4) is 0 Å². The van der Waals surface area contributed by atoms with E-state index in [-0.39, 0.29) is 11.9 Å². The molecule has 29 heavy (non-hydrogen) atoms. The second-order valence-electron chi connectivity index (χ2n) is 7.90. The van der Waals surface area contributed by atoms with Crippen molar-refractivity contribution in [2.45, 2.75) is 77.2 Å². The maximum atomic E-state index is 12.5. The van der Waals surface area contributed by atoms with Crippen molar-refractivity contribution in [3.63, 3.8) is 0 Å². The molecule has 5 heteroatoms. The van der Waals surface area contributed by atoms with E-state index in [0.29, 0.717) is 11.3 Å². The summed E-state index contributed by atoms with van der Waals surface area (Å²) in [4.78, 5) is 27.0. The van der Waals surface area contributed by atoms with Crippen molar-refractivity contribution in [2.75, 3.05) is 4.90 Å². The Kier molecular flexibility index (Phi) is 7.87. The van der Waals surface area contributed by atoms with Gasteiger partial charge in [0, 0.05) is 23.0 Å². The Balaban J connectivity index is 1.53. The number of anilines is 1. The fourth-order valence-electron chi connectivity index (χ4n) is 4.09. The molecule has 1 N–H and O–H groups in total. The maximum absolute atomic E-state index is 12.5. The van der Waals surface area contributed by atoms with Crippen LogP contribution in [0.3, 0.4) is 0 Å². The van der Waals surface area contributed by atoms with Crippen LogP contribution in [0, 0.1) is 0 Å². The largest absolute Gasteiger partial charge is 0.477 e. The first-order valence-electron chi connectivity index (χ1n) is 10.8. The van der Waals surface area contributed by atoms with Gasteiger partial charge in [-0.3, -0.25) is 4.79 Å². The number of rotatable bonds is 11. The summed E-state index contributed by atoms with van der Waals surface area (Å²) in [6.45, 7) is 2.23. The van der Waals surface area contributed by atoms with E-state index in [0.717, 1.165) is 42.7 Å². The van der Waals surface area contributed by atoms with Crippen LogP contribution in [-0.2, 0) is 17.6 Å². The minimum atomic E-state index is -0.859. The van der Waals surface area contributed by atoms with Crippen molar-refractivity contribution in [2.24, 2.45) is 0 Å². The standard InChI is InChI=1S/C24H31NO3S/c1-2-3-4-5-7-18-10-12-20(13-11-18)25-19(14-17-23(25)26)8-6-9-21-15-16-22(29-21)24(27)28/h10-13,15-16,19H,2-9,14,17H2,1H3,(H,27,28)/t19-/m0/s1. The number of carboxylic acids is 1. The van der Waals surface area contributed by atoms with Gasteiger partial charge >= 0.3 is 5.97 Å². The SMILES string of the molecule is CCCCCCc1ccc(N2C(=O)CC[C@@H]2CCCc2ccc(C(=O)O)s2)cc1. The molecule has 0 bridgehead atoms. The summed E-state index contributed by atoms with van der Waals surface area (Å²) < 4.78 is 0. The molecule has 0 spiro atoms. The molecule has 1 amide bonds. The topological polar surface area (TPSA) is 57.6 Å². The molecule has 1 aliphatic heterocycles. The Morgan fingerprint density at radius 2 is 1.86 bits per heavy atom. The Morgan fingerprint density at radius 3 is 2.55 bits per heavy atom. The predicted octanol–water partition coefficient (Wildman–Crippen LogP) is 6.09. The van der Waals surface area contributed by atoms with Gasteiger partial charge in [-0.05, 0) is 68.4 Å². The van der Waals surface area contributed by atoms with Crippen LogP contribution in [0.15, 0.2) is 36.4 Å². The van der Waals surface area contributed by atoms with Gasteiger partial charge in [0.25, 0.3) is 0 Å². The van der Waals surface area contributed by atoms with Crippen LogP contribution < -0.4 is 4.90 Å². The predicted molar refractivity (Wildman–Crippen MR) is 119 cm³/mol. The van der Waals surface area contributed by atoms with Crippen LogP contribution in [0.25, 0.3) is 0 Å². The summed E-state index contributed by atoms with van der Waals surface area (Å²) in [6, 6.07) is 12.4. The molecular formula is C24H31NO3S. The van der Waals surface area contributed by atoms with E-state index in [1.807, 2.05) is 11.0 Å². The molecule has 1 aromatic heterocycles. The fraction of sp³-hybridized carbons (Fsp3) is 0.500. The number of hydrogen-bond donors (Lipinski definition) is 1. The number of thiophene rings is 1. The molecular weight excluding hydrogens is 382 g/mol. The first-order valence-corrected chi connectivity index (χ1v) is 11.6. The summed E-state index contributed by atoms with van der Waals surface area (Å²) >= 11 is 1.35. The van der Waals surface area contributed by atoms with Crippen molar-refractivity contribution >= 4 is 28.9 Å². The van der Waals surface area contributed by atoms with E-state index in [1.54, 1.807) is 6.07 Å². The van der Waals surface area contributed by atoms with E-state index in [1.165, 1.54) is 42.6 Å². The number of benzene rings is 1. The summed E-state index contributed by atoms with van der Waals surface area (Å²) in [6.07, 6.45) is 10.5. The monoisotopic (exact) mass is 413 g/mol. The smallest absolute Gasteiger partial charge is 0.345 e. The minimum Gasteiger partial charge on any atom is -0.477 e. The fourth-order valence-corrected chi connectivity index (χ4v) is 4.98. The minimum absolute atomic E-state index is 0.218. The third-order valence-electron chi connectivity index (χ3n) is 5.69. The van der Waals surface area contributed by atoms with Gasteiger partial charge in [0.05, 0.1) is 0 Å². The van der Waals surface area contributed by atoms with E-state index in [9.17, 15) is 9.59 Å². The highest BCUT2D eigenvalue weighted by molar-refractivity contribution is 7.13. The molecule has 156 valence electrons. The normalized spacial score (nSPS) is 16.5. The highest BCUT2D eigenvalue weighted by atomic mass is 32.1. The van der Waals surface area contributed by atoms with E-state index >= 15 is 0 Å². The molecule has 2 aromatic rings. The Morgan fingerprint density at radius 1 is 1.07 bits per heavy atom. The van der Waals surface area contributed by atoms with Crippen LogP contribution in [0.4, 0.5) is 5.69 Å². The Bertz CT molecular complexity index is 812. The Hall–Kier alpha value is -2.14.